The molecule has 0 atom stereocenters. The van der Waals surface area contributed by atoms with E-state index in [0.717, 1.165) is 18.5 Å². The average molecular weight is 249 g/mol. The zero-order valence-electron chi connectivity index (χ0n) is 10.3. The molecule has 96 valence electrons. The number of carbonyl (C=O) groups is 1. The van der Waals surface area contributed by atoms with Gasteiger partial charge in [-0.25, -0.2) is 0 Å². The first kappa shape index (κ1) is 12.2. The van der Waals surface area contributed by atoms with Gasteiger partial charge in [0.05, 0.1) is 11.4 Å². The summed E-state index contributed by atoms with van der Waals surface area (Å²) in [6, 6.07) is 1.62. The molecule has 0 aliphatic heterocycles. The molecule has 18 heavy (non-hydrogen) atoms. The van der Waals surface area contributed by atoms with Crippen LogP contribution in [0, 0.1) is 6.92 Å². The molecule has 0 aromatic carbocycles. The van der Waals surface area contributed by atoms with Crippen molar-refractivity contribution in [2.75, 3.05) is 11.1 Å². The molecule has 2 aromatic heterocycles. The number of hydrogen-bond donors (Lipinski definition) is 3. The summed E-state index contributed by atoms with van der Waals surface area (Å²) in [5, 5.41) is 12.9. The smallest absolute Gasteiger partial charge is 0.279 e. The normalized spacial score (nSPS) is 10.6. The van der Waals surface area contributed by atoms with Crippen LogP contribution in [0.15, 0.2) is 10.6 Å². The summed E-state index contributed by atoms with van der Waals surface area (Å²) < 4.78 is 4.85. The Morgan fingerprint density at radius 1 is 1.61 bits per heavy atom. The Bertz CT molecular complexity index is 558. The fraction of sp³-hybridized carbons (Fsp3) is 0.364. The maximum absolute atomic E-state index is 11.9. The molecule has 0 aliphatic carbocycles. The van der Waals surface area contributed by atoms with Crippen molar-refractivity contribution in [3.05, 3.63) is 23.2 Å². The second-order valence-electron chi connectivity index (χ2n) is 3.99. The molecule has 2 rings (SSSR count). The van der Waals surface area contributed by atoms with Crippen LogP contribution in [0.25, 0.3) is 0 Å². The molecule has 7 heteroatoms. The number of nitrogen functional groups attached to an aromatic ring is 1. The third kappa shape index (κ3) is 2.34. The molecule has 0 radical (unpaired) electrons. The number of H-pyrrole nitrogens is 1. The van der Waals surface area contributed by atoms with Crippen LogP contribution < -0.4 is 11.1 Å². The molecule has 0 saturated heterocycles. The fourth-order valence-corrected chi connectivity index (χ4v) is 1.60. The molecular formula is C11H15N5O2. The molecule has 7 nitrogen and oxygen atoms in total. The first-order valence-corrected chi connectivity index (χ1v) is 5.69. The number of amides is 1. The lowest BCUT2D eigenvalue weighted by Gasteiger charge is -1.99. The van der Waals surface area contributed by atoms with Crippen LogP contribution >= 0.6 is 0 Å². The molecule has 0 fully saturated rings. The Kier molecular flexibility index (Phi) is 3.31. The molecule has 0 spiro atoms. The molecule has 4 N–H and O–H groups in total. The van der Waals surface area contributed by atoms with Crippen LogP contribution in [-0.4, -0.2) is 21.3 Å². The summed E-state index contributed by atoms with van der Waals surface area (Å²) in [4.78, 5) is 11.9. The molecule has 2 heterocycles. The standard InChI is InChI=1S/C11H15N5O2/c1-3-4-7-9(12)10(15-14-7)11(17)13-8-5-6(2)18-16-8/h5H,3-4,12H2,1-2H3,(H,14,15)(H,13,16,17). The SMILES string of the molecule is CCCc1[nH]nc(C(=O)Nc2cc(C)on2)c1N. The summed E-state index contributed by atoms with van der Waals surface area (Å²) in [6.45, 7) is 3.77. The topological polar surface area (TPSA) is 110 Å². The maximum atomic E-state index is 11.9. The van der Waals surface area contributed by atoms with E-state index >= 15 is 0 Å². The number of anilines is 2. The van der Waals surface area contributed by atoms with Crippen LogP contribution in [0.4, 0.5) is 11.5 Å². The van der Waals surface area contributed by atoms with Gasteiger partial charge >= 0.3 is 0 Å². The number of aryl methyl sites for hydroxylation is 2. The van der Waals surface area contributed by atoms with Gasteiger partial charge in [0.2, 0.25) is 0 Å². The highest BCUT2D eigenvalue weighted by Crippen LogP contribution is 2.17. The monoisotopic (exact) mass is 249 g/mol. The van der Waals surface area contributed by atoms with E-state index < -0.39 is 5.91 Å². The Morgan fingerprint density at radius 2 is 2.39 bits per heavy atom. The van der Waals surface area contributed by atoms with E-state index in [1.165, 1.54) is 0 Å². The third-order valence-electron chi connectivity index (χ3n) is 2.47. The Morgan fingerprint density at radius 3 is 3.00 bits per heavy atom. The number of carbonyl (C=O) groups excluding carboxylic acids is 1. The zero-order chi connectivity index (χ0) is 13.1. The fourth-order valence-electron chi connectivity index (χ4n) is 1.60. The van der Waals surface area contributed by atoms with Crippen molar-refractivity contribution in [2.24, 2.45) is 0 Å². The highest BCUT2D eigenvalue weighted by Gasteiger charge is 2.17. The van der Waals surface area contributed by atoms with Crippen molar-refractivity contribution in [1.29, 1.82) is 0 Å². The van der Waals surface area contributed by atoms with Crippen molar-refractivity contribution >= 4 is 17.4 Å². The van der Waals surface area contributed by atoms with Gasteiger partial charge in [0, 0.05) is 6.07 Å². The minimum atomic E-state index is -0.403. The summed E-state index contributed by atoms with van der Waals surface area (Å²) in [6.07, 6.45) is 1.69. The van der Waals surface area contributed by atoms with Gasteiger partial charge in [0.25, 0.3) is 5.91 Å². The summed E-state index contributed by atoms with van der Waals surface area (Å²) >= 11 is 0. The van der Waals surface area contributed by atoms with Crippen LogP contribution in [0.1, 0.15) is 35.3 Å². The van der Waals surface area contributed by atoms with Crippen LogP contribution in [0.3, 0.4) is 0 Å². The number of hydrogen-bond acceptors (Lipinski definition) is 5. The zero-order valence-corrected chi connectivity index (χ0v) is 10.3. The molecular weight excluding hydrogens is 234 g/mol. The molecule has 2 aromatic rings. The first-order valence-electron chi connectivity index (χ1n) is 5.69. The van der Waals surface area contributed by atoms with Gasteiger partial charge in [-0.1, -0.05) is 18.5 Å². The van der Waals surface area contributed by atoms with E-state index in [-0.39, 0.29) is 5.69 Å². The highest BCUT2D eigenvalue weighted by molar-refractivity contribution is 6.06. The van der Waals surface area contributed by atoms with Gasteiger partial charge in [-0.3, -0.25) is 9.89 Å². The molecule has 0 bridgehead atoms. The van der Waals surface area contributed by atoms with E-state index in [4.69, 9.17) is 10.3 Å². The predicted molar refractivity (Wildman–Crippen MR) is 66.2 cm³/mol. The predicted octanol–water partition coefficient (Wildman–Crippen LogP) is 1.49. The largest absolute Gasteiger partial charge is 0.395 e. The molecule has 0 aliphatic rings. The minimum Gasteiger partial charge on any atom is -0.395 e. The maximum Gasteiger partial charge on any atom is 0.279 e. The van der Waals surface area contributed by atoms with Gasteiger partial charge in [-0.05, 0) is 13.3 Å². The van der Waals surface area contributed by atoms with Gasteiger partial charge in [0.15, 0.2) is 11.5 Å². The van der Waals surface area contributed by atoms with E-state index in [9.17, 15) is 4.79 Å². The Labute approximate surface area is 104 Å². The number of nitrogens with zero attached hydrogens (tertiary/aromatic N) is 2. The van der Waals surface area contributed by atoms with Crippen LogP contribution in [0.2, 0.25) is 0 Å². The highest BCUT2D eigenvalue weighted by atomic mass is 16.5. The number of aromatic amines is 1. The van der Waals surface area contributed by atoms with Crippen molar-refractivity contribution in [3.63, 3.8) is 0 Å². The Balaban J connectivity index is 2.14. The number of rotatable bonds is 4. The second-order valence-corrected chi connectivity index (χ2v) is 3.99. The lowest BCUT2D eigenvalue weighted by atomic mass is 10.2. The first-order chi connectivity index (χ1) is 8.61. The number of aromatic nitrogens is 3. The molecule has 1 amide bonds. The number of nitrogens with one attached hydrogen (secondary N) is 2. The second kappa shape index (κ2) is 4.91. The molecule has 0 saturated carbocycles. The van der Waals surface area contributed by atoms with E-state index in [0.29, 0.717) is 17.3 Å². The van der Waals surface area contributed by atoms with Crippen LogP contribution in [0.5, 0.6) is 0 Å². The van der Waals surface area contributed by atoms with Gasteiger partial charge in [-0.2, -0.15) is 5.10 Å². The van der Waals surface area contributed by atoms with Crippen molar-refractivity contribution in [1.82, 2.24) is 15.4 Å². The van der Waals surface area contributed by atoms with Gasteiger partial charge in [0.1, 0.15) is 5.76 Å². The lowest BCUT2D eigenvalue weighted by molar-refractivity contribution is 0.102. The van der Waals surface area contributed by atoms with Gasteiger partial charge in [-0.15, -0.1) is 0 Å². The van der Waals surface area contributed by atoms with Crippen molar-refractivity contribution in [2.45, 2.75) is 26.7 Å². The lowest BCUT2D eigenvalue weighted by Crippen LogP contribution is -2.14. The number of nitrogens with two attached hydrogens (primary N) is 1. The van der Waals surface area contributed by atoms with E-state index in [1.807, 2.05) is 6.92 Å². The minimum absolute atomic E-state index is 0.180. The van der Waals surface area contributed by atoms with Gasteiger partial charge < -0.3 is 15.6 Å². The Hall–Kier alpha value is -2.31. The summed E-state index contributed by atoms with van der Waals surface area (Å²) in [5.74, 6) is 0.559. The third-order valence-corrected chi connectivity index (χ3v) is 2.47. The quantitative estimate of drug-likeness (QED) is 0.760. The summed E-state index contributed by atoms with van der Waals surface area (Å²) in [5.41, 5.74) is 7.19. The van der Waals surface area contributed by atoms with Crippen molar-refractivity contribution < 1.29 is 9.32 Å². The molecule has 0 unspecified atom stereocenters. The average Bonchev–Trinajstić information content (AvgIpc) is 2.87. The van der Waals surface area contributed by atoms with Crippen LogP contribution in [-0.2, 0) is 6.42 Å². The van der Waals surface area contributed by atoms with Crippen molar-refractivity contribution in [3.8, 4) is 0 Å². The van der Waals surface area contributed by atoms with E-state index in [1.54, 1.807) is 13.0 Å². The van der Waals surface area contributed by atoms with E-state index in [2.05, 4.69) is 20.7 Å². The summed E-state index contributed by atoms with van der Waals surface area (Å²) in [7, 11) is 0.